The topological polar surface area (TPSA) is 13.1 Å². The highest BCUT2D eigenvalue weighted by Crippen LogP contribution is 2.50. The van der Waals surface area contributed by atoms with Crippen LogP contribution in [-0.4, -0.2) is 0 Å². The lowest BCUT2D eigenvalue weighted by Gasteiger charge is -2.21. The fourth-order valence-electron chi connectivity index (χ4n) is 9.57. The number of para-hydroxylation sites is 1. The fourth-order valence-corrected chi connectivity index (χ4v) is 9.57. The molecule has 1 aromatic heterocycles. The quantitative estimate of drug-likeness (QED) is 0.153. The van der Waals surface area contributed by atoms with E-state index in [1.54, 1.807) is 0 Å². The van der Waals surface area contributed by atoms with Gasteiger partial charge in [-0.05, 0) is 118 Å². The Kier molecular flexibility index (Phi) is 7.09. The summed E-state index contributed by atoms with van der Waals surface area (Å²) in [6, 6.07) is 68.2. The summed E-state index contributed by atoms with van der Waals surface area (Å²) < 4.78 is 50.3. The van der Waals surface area contributed by atoms with Crippen LogP contribution in [0.15, 0.2) is 235 Å². The van der Waals surface area contributed by atoms with Crippen LogP contribution in [0.5, 0.6) is 0 Å². The molecule has 0 N–H and O–H groups in total. The van der Waals surface area contributed by atoms with Crippen molar-refractivity contribution in [2.75, 3.05) is 0 Å². The Morgan fingerprint density at radius 1 is 0.279 bits per heavy atom. The molecule has 0 unspecified atom stereocenters. The molecule has 1 heterocycles. The summed E-state index contributed by atoms with van der Waals surface area (Å²) in [6.45, 7) is 0. The van der Waals surface area contributed by atoms with E-state index in [1.165, 1.54) is 0 Å². The van der Waals surface area contributed by atoms with Gasteiger partial charge in [0.05, 0.1) is 6.85 Å². The van der Waals surface area contributed by atoms with E-state index >= 15 is 0 Å². The summed E-state index contributed by atoms with van der Waals surface area (Å²) in [4.78, 5) is 0. The zero-order valence-corrected chi connectivity index (χ0v) is 33.0. The van der Waals surface area contributed by atoms with Crippen LogP contribution < -0.4 is 0 Å². The van der Waals surface area contributed by atoms with Crippen molar-refractivity contribution in [1.29, 1.82) is 0 Å². The number of hydrogen-bond acceptors (Lipinski definition) is 1. The summed E-state index contributed by atoms with van der Waals surface area (Å²) in [5.41, 5.74) is 13.3. The summed E-state index contributed by atoms with van der Waals surface area (Å²) in [7, 11) is 0. The monoisotopic (exact) mass is 779 g/mol. The highest BCUT2D eigenvalue weighted by atomic mass is 16.3. The first-order chi connectivity index (χ1) is 32.4. The predicted octanol–water partition coefficient (Wildman–Crippen LogP) is 17.0. The molecule has 0 saturated carbocycles. The molecule has 12 aromatic rings. The van der Waals surface area contributed by atoms with Crippen LogP contribution in [0, 0.1) is 0 Å². The first-order valence-electron chi connectivity index (χ1n) is 23.1. The van der Waals surface area contributed by atoms with Crippen LogP contribution >= 0.6 is 0 Å². The van der Waals surface area contributed by atoms with E-state index < -0.39 is 6.04 Å². The molecule has 11 aromatic carbocycles. The van der Waals surface area contributed by atoms with Gasteiger partial charge in [0.2, 0.25) is 0 Å². The molecule has 0 aliphatic heterocycles. The molecule has 0 aliphatic rings. The molecule has 0 fully saturated rings. The lowest BCUT2D eigenvalue weighted by Crippen LogP contribution is -1.94. The Bertz CT molecular complexity index is 3840. The van der Waals surface area contributed by atoms with Crippen molar-refractivity contribution >= 4 is 54.3 Å². The van der Waals surface area contributed by atoms with Crippen molar-refractivity contribution in [2.45, 2.75) is 0 Å². The van der Waals surface area contributed by atoms with Crippen LogP contribution in [0.25, 0.3) is 121 Å². The number of rotatable bonds is 6. The van der Waals surface area contributed by atoms with Crippen molar-refractivity contribution in [3.05, 3.63) is 230 Å². The van der Waals surface area contributed by atoms with E-state index in [0.717, 1.165) is 110 Å². The minimum atomic E-state index is -0.409. The molecular formula is C60H38O. The van der Waals surface area contributed by atoms with Crippen LogP contribution in [0.4, 0.5) is 0 Å². The smallest absolute Gasteiger partial charge is 0.136 e. The van der Waals surface area contributed by atoms with E-state index in [9.17, 15) is 0 Å². The molecule has 0 radical (unpaired) electrons. The van der Waals surface area contributed by atoms with E-state index in [4.69, 9.17) is 11.3 Å². The zero-order chi connectivity index (χ0) is 44.6. The summed E-state index contributed by atoms with van der Waals surface area (Å²) in [5.74, 6) is 0. The van der Waals surface area contributed by atoms with E-state index in [2.05, 4.69) is 146 Å². The van der Waals surface area contributed by atoms with Gasteiger partial charge in [-0.2, -0.15) is 0 Å². The van der Waals surface area contributed by atoms with Crippen molar-refractivity contribution in [3.63, 3.8) is 0 Å². The van der Waals surface area contributed by atoms with Crippen LogP contribution in [0.2, 0.25) is 0 Å². The highest BCUT2D eigenvalue weighted by molar-refractivity contribution is 6.25. The molecule has 1 heteroatoms. The summed E-state index contributed by atoms with van der Waals surface area (Å²) in [5, 5.41) is 7.66. The molecule has 0 bridgehead atoms. The zero-order valence-electron chi connectivity index (χ0n) is 38.0. The molecule has 284 valence electrons. The summed E-state index contributed by atoms with van der Waals surface area (Å²) in [6.07, 6.45) is 0. The Balaban J connectivity index is 1.18. The van der Waals surface area contributed by atoms with Crippen molar-refractivity contribution < 1.29 is 11.3 Å². The third-order valence-corrected chi connectivity index (χ3v) is 12.2. The lowest BCUT2D eigenvalue weighted by atomic mass is 9.81. The Morgan fingerprint density at radius 2 is 0.770 bits per heavy atom. The van der Waals surface area contributed by atoms with Crippen LogP contribution in [0.1, 0.15) is 6.85 Å². The molecule has 0 atom stereocenters. The third kappa shape index (κ3) is 5.70. The minimum absolute atomic E-state index is 0.194. The largest absolute Gasteiger partial charge is 0.456 e. The SMILES string of the molecule is [2H]c1c([2H])c([2H])c(-c2c3ccccc3c(-c3ccc(-c4c(-c5cc(-c6ccccc6)ccc5-c5ccccc5)ccc5oc6ccccc6c45)c4ccccc34)c3ccccc23)c([2H])c1[2H]. The summed E-state index contributed by atoms with van der Waals surface area (Å²) >= 11 is 0. The first-order valence-corrected chi connectivity index (χ1v) is 20.6. The van der Waals surface area contributed by atoms with Gasteiger partial charge in [0.1, 0.15) is 11.2 Å². The van der Waals surface area contributed by atoms with Crippen LogP contribution in [0.3, 0.4) is 0 Å². The van der Waals surface area contributed by atoms with Gasteiger partial charge in [-0.3, -0.25) is 0 Å². The lowest BCUT2D eigenvalue weighted by molar-refractivity contribution is 0.669. The number of hydrogen-bond donors (Lipinski definition) is 0. The molecule has 0 aliphatic carbocycles. The maximum Gasteiger partial charge on any atom is 0.136 e. The van der Waals surface area contributed by atoms with Gasteiger partial charge >= 0.3 is 0 Å². The molecule has 0 amide bonds. The second-order valence-electron chi connectivity index (χ2n) is 15.5. The van der Waals surface area contributed by atoms with Gasteiger partial charge in [0.15, 0.2) is 0 Å². The average molecular weight is 780 g/mol. The highest BCUT2D eigenvalue weighted by Gasteiger charge is 2.24. The first kappa shape index (κ1) is 30.1. The fraction of sp³-hybridized carbons (Fsp3) is 0. The maximum absolute atomic E-state index is 9.07. The van der Waals surface area contributed by atoms with E-state index in [0.29, 0.717) is 5.56 Å². The number of fused-ring (bicyclic) bond motifs is 6. The van der Waals surface area contributed by atoms with Crippen LogP contribution in [-0.2, 0) is 0 Å². The molecule has 1 nitrogen and oxygen atoms in total. The Hall–Kier alpha value is -8.00. The van der Waals surface area contributed by atoms with Crippen molar-refractivity contribution in [1.82, 2.24) is 0 Å². The number of benzene rings is 11. The third-order valence-electron chi connectivity index (χ3n) is 12.2. The van der Waals surface area contributed by atoms with Gasteiger partial charge < -0.3 is 4.42 Å². The van der Waals surface area contributed by atoms with Gasteiger partial charge in [0, 0.05) is 16.3 Å². The molecule has 61 heavy (non-hydrogen) atoms. The maximum atomic E-state index is 9.07. The van der Waals surface area contributed by atoms with Gasteiger partial charge in [0.25, 0.3) is 0 Å². The van der Waals surface area contributed by atoms with Crippen molar-refractivity contribution in [2.24, 2.45) is 0 Å². The normalized spacial score (nSPS) is 12.8. The molecule has 12 rings (SSSR count). The van der Waals surface area contributed by atoms with Crippen molar-refractivity contribution in [3.8, 4) is 66.8 Å². The standard InChI is InChI=1S/C60H38O/c1-4-18-39(19-5-1)42-32-33-43(40-20-6-2-7-21-40)54(38-42)52-36-37-56-60(53-30-16-17-31-55(53)61-56)59(52)51-35-34-50(44-24-10-11-25-45(44)51)58-48-28-14-12-26-46(48)57(41-22-8-3-9-23-41)47-27-13-15-29-49(47)58/h1-38H/i3D,8D,9D,22D,23D. The number of furan rings is 1. The Labute approximate surface area is 361 Å². The predicted molar refractivity (Wildman–Crippen MR) is 259 cm³/mol. The van der Waals surface area contributed by atoms with E-state index in [-0.39, 0.29) is 29.7 Å². The molecule has 0 saturated heterocycles. The second-order valence-corrected chi connectivity index (χ2v) is 15.5. The van der Waals surface area contributed by atoms with Gasteiger partial charge in [-0.15, -0.1) is 0 Å². The molecule has 0 spiro atoms. The molecular weight excluding hydrogens is 737 g/mol. The van der Waals surface area contributed by atoms with Gasteiger partial charge in [-0.1, -0.05) is 206 Å². The average Bonchev–Trinajstić information content (AvgIpc) is 3.76. The second kappa shape index (κ2) is 14.4. The Morgan fingerprint density at radius 3 is 1.41 bits per heavy atom. The van der Waals surface area contributed by atoms with E-state index in [1.807, 2.05) is 54.6 Å². The van der Waals surface area contributed by atoms with Gasteiger partial charge in [-0.25, -0.2) is 0 Å². The minimum Gasteiger partial charge on any atom is -0.456 e.